The molecule has 16 heteroatoms. The Kier molecular flexibility index (Phi) is 8.48. The number of nitrogens with one attached hydrogen (secondary N) is 2. The van der Waals surface area contributed by atoms with Crippen LogP contribution in [0.2, 0.25) is 0 Å². The molecular weight excluding hydrogens is 643 g/mol. The van der Waals surface area contributed by atoms with Gasteiger partial charge in [-0.25, -0.2) is 38.0 Å². The smallest absolute Gasteiger partial charge is 0.324 e. The maximum Gasteiger partial charge on any atom is 0.324 e. The number of carbonyl (C=O) groups is 2. The highest BCUT2D eigenvalue weighted by atomic mass is 32.2. The molecule has 6 rings (SSSR count). The molecule has 0 unspecified atom stereocenters. The second kappa shape index (κ2) is 12.5. The first-order chi connectivity index (χ1) is 22.3. The van der Waals surface area contributed by atoms with Crippen molar-refractivity contribution in [3.8, 4) is 27.9 Å². The van der Waals surface area contributed by atoms with Crippen LogP contribution in [0.15, 0.2) is 78.1 Å². The van der Waals surface area contributed by atoms with Crippen LogP contribution in [0.4, 0.5) is 21.4 Å². The summed E-state index contributed by atoms with van der Waals surface area (Å²) in [6.07, 6.45) is 6.00. The van der Waals surface area contributed by atoms with Crippen LogP contribution >= 0.6 is 11.3 Å². The zero-order valence-electron chi connectivity index (χ0n) is 25.7. The van der Waals surface area contributed by atoms with Crippen LogP contribution in [0.1, 0.15) is 39.3 Å². The SMILES string of the molecule is CC(C)(C)c1cc(NC(=O)Nc2cnc(Oc3ccc(-c4cnc(N5CCCC5=O)s4)cc3)nc2)n(-c2ccc(S(N)(=O)=O)cc2)n1. The van der Waals surface area contributed by atoms with Gasteiger partial charge in [-0.3, -0.25) is 15.0 Å². The summed E-state index contributed by atoms with van der Waals surface area (Å²) in [4.78, 5) is 40.4. The fourth-order valence-electron chi connectivity index (χ4n) is 4.69. The molecule has 0 aliphatic carbocycles. The molecule has 0 bridgehead atoms. The van der Waals surface area contributed by atoms with Gasteiger partial charge in [-0.05, 0) is 60.5 Å². The number of primary sulfonamides is 1. The average molecular weight is 674 g/mol. The largest absolute Gasteiger partial charge is 0.424 e. The summed E-state index contributed by atoms with van der Waals surface area (Å²) >= 11 is 1.47. The summed E-state index contributed by atoms with van der Waals surface area (Å²) in [5.74, 6) is 0.983. The summed E-state index contributed by atoms with van der Waals surface area (Å²) < 4.78 is 30.7. The number of sulfonamides is 1. The van der Waals surface area contributed by atoms with Gasteiger partial charge in [0.2, 0.25) is 15.9 Å². The van der Waals surface area contributed by atoms with Crippen LogP contribution in [-0.4, -0.2) is 51.6 Å². The molecule has 14 nitrogen and oxygen atoms in total. The first kappa shape index (κ1) is 31.8. The van der Waals surface area contributed by atoms with E-state index in [1.54, 1.807) is 41.4 Å². The number of rotatable bonds is 8. The lowest BCUT2D eigenvalue weighted by Crippen LogP contribution is -2.23. The van der Waals surface area contributed by atoms with Crippen molar-refractivity contribution in [3.05, 3.63) is 78.9 Å². The van der Waals surface area contributed by atoms with E-state index >= 15 is 0 Å². The maximum absolute atomic E-state index is 13.0. The molecule has 2 aromatic carbocycles. The second-order valence-corrected chi connectivity index (χ2v) is 14.3. The highest BCUT2D eigenvalue weighted by molar-refractivity contribution is 7.89. The minimum atomic E-state index is -3.86. The second-order valence-electron chi connectivity index (χ2n) is 11.7. The fourth-order valence-corrected chi connectivity index (χ4v) is 6.17. The van der Waals surface area contributed by atoms with E-state index < -0.39 is 16.1 Å². The zero-order chi connectivity index (χ0) is 33.3. The van der Waals surface area contributed by atoms with Gasteiger partial charge in [0.15, 0.2) is 5.13 Å². The molecule has 3 amide bonds. The molecule has 4 heterocycles. The third-order valence-corrected chi connectivity index (χ3v) is 9.16. The summed E-state index contributed by atoms with van der Waals surface area (Å²) in [5, 5.41) is 16.0. The lowest BCUT2D eigenvalue weighted by atomic mass is 9.92. The first-order valence-electron chi connectivity index (χ1n) is 14.5. The molecule has 47 heavy (non-hydrogen) atoms. The number of amides is 3. The molecule has 5 aromatic rings. The number of aromatic nitrogens is 5. The van der Waals surface area contributed by atoms with E-state index in [1.165, 1.54) is 40.5 Å². The van der Waals surface area contributed by atoms with Crippen molar-refractivity contribution in [2.24, 2.45) is 5.14 Å². The molecule has 1 fully saturated rings. The van der Waals surface area contributed by atoms with Crippen molar-refractivity contribution < 1.29 is 22.7 Å². The Labute approximate surface area is 274 Å². The van der Waals surface area contributed by atoms with Gasteiger partial charge in [0.05, 0.1) is 39.2 Å². The molecule has 242 valence electrons. The Morgan fingerprint density at radius 1 is 0.979 bits per heavy atom. The quantitative estimate of drug-likeness (QED) is 0.197. The minimum absolute atomic E-state index is 0.0388. The number of nitrogens with two attached hydrogens (primary N) is 1. The number of thiazole rings is 1. The third kappa shape index (κ3) is 7.29. The molecule has 1 saturated heterocycles. The van der Waals surface area contributed by atoms with E-state index in [4.69, 9.17) is 9.88 Å². The van der Waals surface area contributed by atoms with Crippen LogP contribution < -0.4 is 25.4 Å². The van der Waals surface area contributed by atoms with E-state index in [9.17, 15) is 18.0 Å². The number of urea groups is 1. The number of anilines is 3. The van der Waals surface area contributed by atoms with E-state index in [0.717, 1.165) is 16.9 Å². The van der Waals surface area contributed by atoms with Gasteiger partial charge in [0.1, 0.15) is 11.6 Å². The highest BCUT2D eigenvalue weighted by Crippen LogP contribution is 2.34. The number of benzene rings is 2. The van der Waals surface area contributed by atoms with E-state index in [1.807, 2.05) is 32.9 Å². The van der Waals surface area contributed by atoms with Crippen molar-refractivity contribution in [2.45, 2.75) is 43.9 Å². The Bertz CT molecular complexity index is 2030. The number of ether oxygens (including phenoxy) is 1. The Hall–Kier alpha value is -5.19. The van der Waals surface area contributed by atoms with Crippen molar-refractivity contribution >= 4 is 49.9 Å². The monoisotopic (exact) mass is 673 g/mol. The van der Waals surface area contributed by atoms with Gasteiger partial charge >= 0.3 is 12.0 Å². The molecule has 0 radical (unpaired) electrons. The number of hydrogen-bond acceptors (Lipinski definition) is 10. The lowest BCUT2D eigenvalue weighted by molar-refractivity contribution is -0.117. The summed E-state index contributed by atoms with van der Waals surface area (Å²) in [6, 6.07) is 14.5. The van der Waals surface area contributed by atoms with Gasteiger partial charge in [0.25, 0.3) is 0 Å². The first-order valence-corrected chi connectivity index (χ1v) is 16.9. The standard InChI is InChI=1S/C31H31N9O5S2/c1-31(2,3)25-15-26(40(38-25)21-8-12-23(13-9-21)47(32,43)44)37-28(42)36-20-16-33-29(34-17-20)45-22-10-6-19(7-11-22)24-18-35-30(46-24)39-14-4-5-27(39)41/h6-13,15-18H,4-5,14H2,1-3H3,(H2,32,43,44)(H2,36,37,42). The van der Waals surface area contributed by atoms with Crippen LogP contribution in [0.5, 0.6) is 11.8 Å². The molecule has 1 aliphatic heterocycles. The molecule has 0 saturated carbocycles. The normalized spacial score (nSPS) is 13.5. The van der Waals surface area contributed by atoms with Crippen molar-refractivity contribution in [1.29, 1.82) is 0 Å². The molecule has 4 N–H and O–H groups in total. The van der Waals surface area contributed by atoms with E-state index in [2.05, 4.69) is 30.7 Å². The summed E-state index contributed by atoms with van der Waals surface area (Å²) in [6.45, 7) is 6.65. The van der Waals surface area contributed by atoms with Crippen LogP contribution in [0.3, 0.4) is 0 Å². The van der Waals surface area contributed by atoms with Crippen LogP contribution in [0.25, 0.3) is 16.1 Å². The summed E-state index contributed by atoms with van der Waals surface area (Å²) in [7, 11) is -3.86. The fraction of sp³-hybridized carbons (Fsp3) is 0.226. The van der Waals surface area contributed by atoms with Crippen molar-refractivity contribution in [1.82, 2.24) is 24.7 Å². The Morgan fingerprint density at radius 2 is 1.68 bits per heavy atom. The number of hydrogen-bond donors (Lipinski definition) is 3. The Balaban J connectivity index is 1.09. The van der Waals surface area contributed by atoms with Gasteiger partial charge < -0.3 is 10.1 Å². The van der Waals surface area contributed by atoms with Gasteiger partial charge in [-0.15, -0.1) is 0 Å². The topological polar surface area (TPSA) is 187 Å². The zero-order valence-corrected chi connectivity index (χ0v) is 27.3. The van der Waals surface area contributed by atoms with E-state index in [-0.39, 0.29) is 22.2 Å². The average Bonchev–Trinajstić information content (AvgIpc) is 3.78. The molecule has 0 atom stereocenters. The predicted octanol–water partition coefficient (Wildman–Crippen LogP) is 5.29. The maximum atomic E-state index is 13.0. The van der Waals surface area contributed by atoms with Crippen LogP contribution in [0, 0.1) is 0 Å². The lowest BCUT2D eigenvalue weighted by Gasteiger charge is -2.14. The van der Waals surface area contributed by atoms with Crippen molar-refractivity contribution in [2.75, 3.05) is 22.1 Å². The molecular formula is C31H31N9O5S2. The van der Waals surface area contributed by atoms with Crippen molar-refractivity contribution in [3.63, 3.8) is 0 Å². The molecule has 0 spiro atoms. The molecule has 3 aromatic heterocycles. The van der Waals surface area contributed by atoms with Gasteiger partial charge in [-0.2, -0.15) is 5.10 Å². The predicted molar refractivity (Wildman–Crippen MR) is 178 cm³/mol. The Morgan fingerprint density at radius 3 is 2.30 bits per heavy atom. The van der Waals surface area contributed by atoms with Gasteiger partial charge in [-0.1, -0.05) is 32.1 Å². The van der Waals surface area contributed by atoms with Crippen LogP contribution in [-0.2, 0) is 20.2 Å². The number of nitrogens with zero attached hydrogens (tertiary/aromatic N) is 6. The van der Waals surface area contributed by atoms with E-state index in [0.29, 0.717) is 46.7 Å². The van der Waals surface area contributed by atoms with Gasteiger partial charge in [0, 0.05) is 30.6 Å². The third-order valence-electron chi connectivity index (χ3n) is 7.16. The molecule has 1 aliphatic rings. The number of carbonyl (C=O) groups excluding carboxylic acids is 2. The summed E-state index contributed by atoms with van der Waals surface area (Å²) in [5.41, 5.74) is 2.16. The highest BCUT2D eigenvalue weighted by Gasteiger charge is 2.25. The minimum Gasteiger partial charge on any atom is -0.424 e.